The molecule has 1 saturated carbocycles. The minimum Gasteiger partial charge on any atom is -0.313 e. The maximum Gasteiger partial charge on any atom is 0.0104 e. The lowest BCUT2D eigenvalue weighted by Gasteiger charge is -2.30. The first kappa shape index (κ1) is 13.3. The molecule has 2 aliphatic rings. The molecule has 0 radical (unpaired) electrons. The topological polar surface area (TPSA) is 18.5 Å². The second kappa shape index (κ2) is 6.72. The number of likely N-dealkylation sites (N-methyl/N-ethyl adjacent to an activating group) is 1. The fourth-order valence-electron chi connectivity index (χ4n) is 2.61. The Morgan fingerprint density at radius 2 is 1.82 bits per heavy atom. The number of likely N-dealkylation sites (tertiary alicyclic amines) is 1. The van der Waals surface area contributed by atoms with Crippen LogP contribution in [0, 0.1) is 5.92 Å². The Balaban J connectivity index is 1.48. The van der Waals surface area contributed by atoms with Gasteiger partial charge in [0.05, 0.1) is 0 Å². The van der Waals surface area contributed by atoms with Crippen LogP contribution in [0.3, 0.4) is 0 Å². The molecular weight excluding hydrogens is 210 g/mol. The van der Waals surface area contributed by atoms with Crippen molar-refractivity contribution in [2.24, 2.45) is 5.92 Å². The number of hydrogen-bond donors (Lipinski definition) is 1. The third-order valence-electron chi connectivity index (χ3n) is 4.26. The largest absolute Gasteiger partial charge is 0.313 e. The molecule has 0 atom stereocenters. The smallest absolute Gasteiger partial charge is 0.0104 e. The van der Waals surface area contributed by atoms with Gasteiger partial charge in [-0.25, -0.2) is 0 Å². The minimum absolute atomic E-state index is 0.859. The number of nitrogens with zero attached hydrogens (tertiary/aromatic N) is 2. The van der Waals surface area contributed by atoms with E-state index in [1.165, 1.54) is 64.8 Å². The molecule has 3 heteroatoms. The van der Waals surface area contributed by atoms with Crippen LogP contribution in [-0.2, 0) is 0 Å². The van der Waals surface area contributed by atoms with E-state index in [1.807, 2.05) is 0 Å². The van der Waals surface area contributed by atoms with E-state index in [0.29, 0.717) is 0 Å². The van der Waals surface area contributed by atoms with Crippen LogP contribution in [0.2, 0.25) is 0 Å². The van der Waals surface area contributed by atoms with Crippen molar-refractivity contribution in [1.82, 2.24) is 15.1 Å². The van der Waals surface area contributed by atoms with Crippen molar-refractivity contribution < 1.29 is 0 Å². The predicted octanol–water partition coefficient (Wildman–Crippen LogP) is 1.40. The minimum atomic E-state index is 0.859. The van der Waals surface area contributed by atoms with Crippen LogP contribution >= 0.6 is 0 Å². The number of piperidine rings is 1. The standard InChI is InChI=1S/C14H29N3/c1-16-9-5-13(6-10-16)7-11-17(2)12-8-15-14-3-4-14/h13-15H,3-12H2,1-2H3. The molecule has 0 bridgehead atoms. The summed E-state index contributed by atoms with van der Waals surface area (Å²) in [6, 6.07) is 0.859. The van der Waals surface area contributed by atoms with Crippen LogP contribution in [-0.4, -0.2) is 62.7 Å². The van der Waals surface area contributed by atoms with Gasteiger partial charge in [0.1, 0.15) is 0 Å². The Morgan fingerprint density at radius 1 is 1.12 bits per heavy atom. The molecule has 17 heavy (non-hydrogen) atoms. The molecule has 3 nitrogen and oxygen atoms in total. The average Bonchev–Trinajstić information content (AvgIpc) is 3.12. The van der Waals surface area contributed by atoms with Crippen LogP contribution < -0.4 is 5.32 Å². The van der Waals surface area contributed by atoms with Gasteiger partial charge in [0, 0.05) is 19.1 Å². The SMILES string of the molecule is CN(CCNC1CC1)CCC1CCN(C)CC1. The molecule has 0 unspecified atom stereocenters. The van der Waals surface area contributed by atoms with Gasteiger partial charge < -0.3 is 15.1 Å². The molecule has 0 amide bonds. The maximum atomic E-state index is 3.58. The molecule has 1 aliphatic carbocycles. The average molecular weight is 239 g/mol. The van der Waals surface area contributed by atoms with Crippen molar-refractivity contribution in [3.63, 3.8) is 0 Å². The van der Waals surface area contributed by atoms with Gasteiger partial charge in [0.25, 0.3) is 0 Å². The van der Waals surface area contributed by atoms with Gasteiger partial charge in [-0.05, 0) is 71.8 Å². The molecule has 2 fully saturated rings. The molecule has 1 heterocycles. The summed E-state index contributed by atoms with van der Waals surface area (Å²) in [5, 5.41) is 3.58. The second-order valence-corrected chi connectivity index (χ2v) is 6.07. The van der Waals surface area contributed by atoms with Gasteiger partial charge in [0.2, 0.25) is 0 Å². The highest BCUT2D eigenvalue weighted by Gasteiger charge is 2.20. The molecule has 1 N–H and O–H groups in total. The van der Waals surface area contributed by atoms with Gasteiger partial charge in [-0.3, -0.25) is 0 Å². The fourth-order valence-corrected chi connectivity index (χ4v) is 2.61. The number of rotatable bonds is 7. The first-order chi connectivity index (χ1) is 8.24. The van der Waals surface area contributed by atoms with Crippen LogP contribution in [0.4, 0.5) is 0 Å². The maximum absolute atomic E-state index is 3.58. The Morgan fingerprint density at radius 3 is 2.47 bits per heavy atom. The molecule has 0 spiro atoms. The van der Waals surface area contributed by atoms with Crippen LogP contribution in [0.1, 0.15) is 32.1 Å². The van der Waals surface area contributed by atoms with Crippen molar-refractivity contribution in [3.8, 4) is 0 Å². The zero-order valence-corrected chi connectivity index (χ0v) is 11.6. The van der Waals surface area contributed by atoms with E-state index in [1.54, 1.807) is 0 Å². The van der Waals surface area contributed by atoms with E-state index in [9.17, 15) is 0 Å². The molecule has 2 rings (SSSR count). The molecule has 0 aromatic carbocycles. The van der Waals surface area contributed by atoms with E-state index < -0.39 is 0 Å². The van der Waals surface area contributed by atoms with E-state index >= 15 is 0 Å². The third-order valence-corrected chi connectivity index (χ3v) is 4.26. The highest BCUT2D eigenvalue weighted by molar-refractivity contribution is 4.81. The van der Waals surface area contributed by atoms with E-state index in [4.69, 9.17) is 0 Å². The van der Waals surface area contributed by atoms with E-state index in [2.05, 4.69) is 29.2 Å². The van der Waals surface area contributed by atoms with Gasteiger partial charge in [0.15, 0.2) is 0 Å². The zero-order valence-electron chi connectivity index (χ0n) is 11.6. The molecular formula is C14H29N3. The highest BCUT2D eigenvalue weighted by Crippen LogP contribution is 2.20. The summed E-state index contributed by atoms with van der Waals surface area (Å²) in [4.78, 5) is 4.95. The molecule has 0 aromatic heterocycles. The summed E-state index contributed by atoms with van der Waals surface area (Å²) in [6.07, 6.45) is 7.02. The second-order valence-electron chi connectivity index (χ2n) is 6.07. The first-order valence-corrected chi connectivity index (χ1v) is 7.34. The van der Waals surface area contributed by atoms with Crippen molar-refractivity contribution in [1.29, 1.82) is 0 Å². The van der Waals surface area contributed by atoms with Gasteiger partial charge in [-0.2, -0.15) is 0 Å². The van der Waals surface area contributed by atoms with Gasteiger partial charge in [-0.15, -0.1) is 0 Å². The summed E-state index contributed by atoms with van der Waals surface area (Å²) in [5.74, 6) is 0.977. The zero-order chi connectivity index (χ0) is 12.1. The quantitative estimate of drug-likeness (QED) is 0.724. The molecule has 1 saturated heterocycles. The molecule has 100 valence electrons. The summed E-state index contributed by atoms with van der Waals surface area (Å²) < 4.78 is 0. The molecule has 1 aliphatic heterocycles. The van der Waals surface area contributed by atoms with Gasteiger partial charge >= 0.3 is 0 Å². The van der Waals surface area contributed by atoms with E-state index in [-0.39, 0.29) is 0 Å². The van der Waals surface area contributed by atoms with Crippen molar-refractivity contribution in [3.05, 3.63) is 0 Å². The van der Waals surface area contributed by atoms with E-state index in [0.717, 1.165) is 12.0 Å². The highest BCUT2D eigenvalue weighted by atomic mass is 15.1. The third kappa shape index (κ3) is 5.36. The lowest BCUT2D eigenvalue weighted by molar-refractivity contribution is 0.196. The van der Waals surface area contributed by atoms with Crippen molar-refractivity contribution >= 4 is 0 Å². The number of nitrogens with one attached hydrogen (secondary N) is 1. The normalized spacial score (nSPS) is 23.5. The number of hydrogen-bond acceptors (Lipinski definition) is 3. The lowest BCUT2D eigenvalue weighted by Crippen LogP contribution is -2.34. The first-order valence-electron chi connectivity index (χ1n) is 7.34. The summed E-state index contributed by atoms with van der Waals surface area (Å²) in [6.45, 7) is 6.27. The predicted molar refractivity (Wildman–Crippen MR) is 73.4 cm³/mol. The summed E-state index contributed by atoms with van der Waals surface area (Å²) in [7, 11) is 4.51. The Labute approximate surface area is 107 Å². The monoisotopic (exact) mass is 239 g/mol. The Kier molecular flexibility index (Phi) is 5.26. The van der Waals surface area contributed by atoms with Crippen LogP contribution in [0.15, 0.2) is 0 Å². The Hall–Kier alpha value is -0.120. The van der Waals surface area contributed by atoms with Gasteiger partial charge in [-0.1, -0.05) is 0 Å². The Bertz CT molecular complexity index is 208. The summed E-state index contributed by atoms with van der Waals surface area (Å²) >= 11 is 0. The van der Waals surface area contributed by atoms with Crippen LogP contribution in [0.5, 0.6) is 0 Å². The fraction of sp³-hybridized carbons (Fsp3) is 1.00. The summed E-state index contributed by atoms with van der Waals surface area (Å²) in [5.41, 5.74) is 0. The van der Waals surface area contributed by atoms with Crippen LogP contribution in [0.25, 0.3) is 0 Å². The lowest BCUT2D eigenvalue weighted by atomic mass is 9.94. The molecule has 0 aromatic rings. The van der Waals surface area contributed by atoms with Crippen molar-refractivity contribution in [2.75, 3.05) is 46.8 Å². The van der Waals surface area contributed by atoms with Crippen molar-refractivity contribution in [2.45, 2.75) is 38.1 Å².